The van der Waals surface area contributed by atoms with Gasteiger partial charge in [0.1, 0.15) is 17.9 Å². The van der Waals surface area contributed by atoms with Crippen molar-refractivity contribution in [3.8, 4) is 5.75 Å². The van der Waals surface area contributed by atoms with E-state index in [4.69, 9.17) is 9.47 Å². The van der Waals surface area contributed by atoms with Gasteiger partial charge in [-0.3, -0.25) is 0 Å². The van der Waals surface area contributed by atoms with Crippen LogP contribution in [0, 0.1) is 0 Å². The molecule has 0 saturated carbocycles. The largest absolute Gasteiger partial charge is 0.488 e. The van der Waals surface area contributed by atoms with Gasteiger partial charge in [-0.2, -0.15) is 0 Å². The van der Waals surface area contributed by atoms with E-state index in [2.05, 4.69) is 5.16 Å². The average molecular weight is 325 g/mol. The molecule has 0 aliphatic heterocycles. The number of hydrogen-bond acceptors (Lipinski definition) is 5. The third kappa shape index (κ3) is 3.11. The minimum absolute atomic E-state index is 0.366. The standard InChI is InChI=1S/C19H19NO4/c1-23-19(21)18-15-8-5-9-16(20-22)14(15)10-11-17(18)24-12-13-6-3-2-4-7-13/h2-4,6-7,10-11,22H,5,8-9,12H2,1H3. The molecule has 1 aliphatic carbocycles. The van der Waals surface area contributed by atoms with Crippen molar-refractivity contribution < 1.29 is 19.5 Å². The summed E-state index contributed by atoms with van der Waals surface area (Å²) in [5.41, 5.74) is 3.65. The molecule has 5 nitrogen and oxygen atoms in total. The second-order valence-electron chi connectivity index (χ2n) is 5.63. The molecule has 0 fully saturated rings. The van der Waals surface area contributed by atoms with Gasteiger partial charge in [0, 0.05) is 5.56 Å². The Bertz CT molecular complexity index is 768. The molecule has 24 heavy (non-hydrogen) atoms. The van der Waals surface area contributed by atoms with Gasteiger partial charge in [-0.05, 0) is 42.5 Å². The Labute approximate surface area is 140 Å². The fraction of sp³-hybridized carbons (Fsp3) is 0.263. The normalized spacial score (nSPS) is 15.0. The Morgan fingerprint density at radius 2 is 1.96 bits per heavy atom. The molecule has 0 amide bonds. The van der Waals surface area contributed by atoms with Crippen LogP contribution in [-0.4, -0.2) is 24.0 Å². The van der Waals surface area contributed by atoms with Gasteiger partial charge < -0.3 is 14.7 Å². The van der Waals surface area contributed by atoms with E-state index < -0.39 is 5.97 Å². The number of esters is 1. The zero-order valence-electron chi connectivity index (χ0n) is 13.5. The van der Waals surface area contributed by atoms with E-state index in [0.717, 1.165) is 29.5 Å². The third-order valence-corrected chi connectivity index (χ3v) is 4.17. The summed E-state index contributed by atoms with van der Waals surface area (Å²) in [4.78, 5) is 12.3. The monoisotopic (exact) mass is 325 g/mol. The maximum atomic E-state index is 12.3. The van der Waals surface area contributed by atoms with E-state index in [-0.39, 0.29) is 0 Å². The van der Waals surface area contributed by atoms with E-state index in [1.54, 1.807) is 6.07 Å². The lowest BCUT2D eigenvalue weighted by molar-refractivity contribution is 0.0594. The first-order valence-corrected chi connectivity index (χ1v) is 7.86. The summed E-state index contributed by atoms with van der Waals surface area (Å²) in [6.45, 7) is 0.366. The molecular weight excluding hydrogens is 306 g/mol. The zero-order chi connectivity index (χ0) is 16.9. The highest BCUT2D eigenvalue weighted by molar-refractivity contribution is 6.06. The first kappa shape index (κ1) is 16.1. The van der Waals surface area contributed by atoms with Gasteiger partial charge in [-0.25, -0.2) is 4.79 Å². The summed E-state index contributed by atoms with van der Waals surface area (Å²) in [7, 11) is 1.35. The van der Waals surface area contributed by atoms with Crippen LogP contribution >= 0.6 is 0 Å². The van der Waals surface area contributed by atoms with Crippen molar-refractivity contribution >= 4 is 11.7 Å². The van der Waals surface area contributed by atoms with Crippen LogP contribution < -0.4 is 4.74 Å². The van der Waals surface area contributed by atoms with Crippen LogP contribution in [0.1, 0.15) is 39.9 Å². The van der Waals surface area contributed by atoms with Crippen LogP contribution in [0.2, 0.25) is 0 Å². The van der Waals surface area contributed by atoms with Gasteiger partial charge in [0.05, 0.1) is 12.8 Å². The number of methoxy groups -OCH3 is 1. The second kappa shape index (κ2) is 7.17. The van der Waals surface area contributed by atoms with Gasteiger partial charge in [-0.1, -0.05) is 35.5 Å². The molecule has 0 heterocycles. The molecule has 2 aromatic rings. The molecule has 3 rings (SSSR count). The minimum Gasteiger partial charge on any atom is -0.488 e. The van der Waals surface area contributed by atoms with Gasteiger partial charge in [0.15, 0.2) is 0 Å². The third-order valence-electron chi connectivity index (χ3n) is 4.17. The molecular formula is C19H19NO4. The number of hydrogen-bond donors (Lipinski definition) is 1. The quantitative estimate of drug-likeness (QED) is 0.530. The van der Waals surface area contributed by atoms with Gasteiger partial charge in [0.25, 0.3) is 0 Å². The van der Waals surface area contributed by atoms with Crippen LogP contribution in [-0.2, 0) is 17.8 Å². The highest BCUT2D eigenvalue weighted by Crippen LogP contribution is 2.32. The van der Waals surface area contributed by atoms with E-state index in [0.29, 0.717) is 30.1 Å². The summed E-state index contributed by atoms with van der Waals surface area (Å²) in [6.07, 6.45) is 2.23. The number of fused-ring (bicyclic) bond motifs is 1. The summed E-state index contributed by atoms with van der Waals surface area (Å²) in [5, 5.41) is 12.5. The predicted molar refractivity (Wildman–Crippen MR) is 89.8 cm³/mol. The van der Waals surface area contributed by atoms with Crippen LogP contribution in [0.4, 0.5) is 0 Å². The fourth-order valence-corrected chi connectivity index (χ4v) is 3.01. The molecule has 0 atom stereocenters. The number of carbonyl (C=O) groups is 1. The maximum Gasteiger partial charge on any atom is 0.341 e. The van der Waals surface area contributed by atoms with Crippen molar-refractivity contribution in [1.82, 2.24) is 0 Å². The topological polar surface area (TPSA) is 68.1 Å². The summed E-state index contributed by atoms with van der Waals surface area (Å²) < 4.78 is 10.8. The van der Waals surface area contributed by atoms with Gasteiger partial charge >= 0.3 is 5.97 Å². The van der Waals surface area contributed by atoms with Crippen LogP contribution in [0.15, 0.2) is 47.6 Å². The smallest absolute Gasteiger partial charge is 0.341 e. The first-order valence-electron chi connectivity index (χ1n) is 7.86. The number of ether oxygens (including phenoxy) is 2. The molecule has 5 heteroatoms. The molecule has 0 radical (unpaired) electrons. The van der Waals surface area contributed by atoms with E-state index in [1.807, 2.05) is 36.4 Å². The minimum atomic E-state index is -0.436. The number of nitrogens with zero attached hydrogens (tertiary/aromatic N) is 1. The van der Waals surface area contributed by atoms with Gasteiger partial charge in [0.2, 0.25) is 0 Å². The summed E-state index contributed by atoms with van der Waals surface area (Å²) >= 11 is 0. The van der Waals surface area contributed by atoms with Crippen molar-refractivity contribution in [1.29, 1.82) is 0 Å². The first-order chi connectivity index (χ1) is 11.7. The molecule has 0 spiro atoms. The number of carbonyl (C=O) groups excluding carboxylic acids is 1. The molecule has 0 bridgehead atoms. The second-order valence-corrected chi connectivity index (χ2v) is 5.63. The van der Waals surface area contributed by atoms with E-state index in [1.165, 1.54) is 7.11 Å². The van der Waals surface area contributed by atoms with Gasteiger partial charge in [-0.15, -0.1) is 0 Å². The SMILES string of the molecule is COC(=O)c1c(OCc2ccccc2)ccc2c1CCCC2=NO. The lowest BCUT2D eigenvalue weighted by Gasteiger charge is -2.21. The lowest BCUT2D eigenvalue weighted by atomic mass is 9.86. The fourth-order valence-electron chi connectivity index (χ4n) is 3.01. The molecule has 0 aromatic heterocycles. The average Bonchev–Trinajstić information content (AvgIpc) is 2.65. The van der Waals surface area contributed by atoms with Crippen LogP contribution in [0.3, 0.4) is 0 Å². The Hall–Kier alpha value is -2.82. The number of oxime groups is 1. The number of rotatable bonds is 4. The van der Waals surface area contributed by atoms with Crippen LogP contribution in [0.5, 0.6) is 5.75 Å². The zero-order valence-corrected chi connectivity index (χ0v) is 13.5. The van der Waals surface area contributed by atoms with Crippen molar-refractivity contribution in [2.24, 2.45) is 5.16 Å². The van der Waals surface area contributed by atoms with Crippen LogP contribution in [0.25, 0.3) is 0 Å². The molecule has 1 N–H and O–H groups in total. The molecule has 124 valence electrons. The van der Waals surface area contributed by atoms with E-state index in [9.17, 15) is 10.0 Å². The lowest BCUT2D eigenvalue weighted by Crippen LogP contribution is -2.18. The van der Waals surface area contributed by atoms with E-state index >= 15 is 0 Å². The highest BCUT2D eigenvalue weighted by Gasteiger charge is 2.26. The molecule has 0 unspecified atom stereocenters. The Morgan fingerprint density at radius 1 is 1.17 bits per heavy atom. The van der Waals surface area contributed by atoms with Crippen molar-refractivity contribution in [2.75, 3.05) is 7.11 Å². The number of benzene rings is 2. The Morgan fingerprint density at radius 3 is 2.67 bits per heavy atom. The summed E-state index contributed by atoms with van der Waals surface area (Å²) in [5.74, 6) is 0.0535. The van der Waals surface area contributed by atoms with Crippen molar-refractivity contribution in [3.63, 3.8) is 0 Å². The molecule has 2 aromatic carbocycles. The predicted octanol–water partition coefficient (Wildman–Crippen LogP) is 3.57. The molecule has 1 aliphatic rings. The van der Waals surface area contributed by atoms with Crippen molar-refractivity contribution in [2.45, 2.75) is 25.9 Å². The maximum absolute atomic E-state index is 12.3. The Kier molecular flexibility index (Phi) is 4.79. The van der Waals surface area contributed by atoms with Crippen molar-refractivity contribution in [3.05, 3.63) is 64.7 Å². The summed E-state index contributed by atoms with van der Waals surface area (Å²) in [6, 6.07) is 13.3. The highest BCUT2D eigenvalue weighted by atomic mass is 16.5. The Balaban J connectivity index is 1.98. The molecule has 0 saturated heterocycles.